The second-order valence-corrected chi connectivity index (χ2v) is 6.44. The zero-order valence-corrected chi connectivity index (χ0v) is 13.1. The van der Waals surface area contributed by atoms with E-state index in [0.29, 0.717) is 25.2 Å². The van der Waals surface area contributed by atoms with Crippen LogP contribution in [0.5, 0.6) is 0 Å². The normalized spacial score (nSPS) is 27.0. The van der Waals surface area contributed by atoms with Gasteiger partial charge in [-0.15, -0.1) is 0 Å². The Morgan fingerprint density at radius 1 is 1.43 bits per heavy atom. The maximum atomic E-state index is 14.2. The van der Waals surface area contributed by atoms with E-state index in [-0.39, 0.29) is 18.2 Å². The molecule has 0 aromatic carbocycles. The molecule has 2 aliphatic rings. The number of aromatic nitrogens is 1. The summed E-state index contributed by atoms with van der Waals surface area (Å²) in [6.07, 6.45) is -0.164. The highest BCUT2D eigenvalue weighted by molar-refractivity contribution is 5.93. The summed E-state index contributed by atoms with van der Waals surface area (Å²) in [7, 11) is 0. The van der Waals surface area contributed by atoms with Crippen molar-refractivity contribution in [1.29, 1.82) is 0 Å². The van der Waals surface area contributed by atoms with Crippen molar-refractivity contribution in [2.45, 2.75) is 32.6 Å². The highest BCUT2D eigenvalue weighted by Crippen LogP contribution is 2.45. The summed E-state index contributed by atoms with van der Waals surface area (Å²) in [6.45, 7) is 3.70. The van der Waals surface area contributed by atoms with Gasteiger partial charge in [0.05, 0.1) is 17.7 Å². The van der Waals surface area contributed by atoms with Crippen LogP contribution in [0, 0.1) is 12.3 Å². The largest absolute Gasteiger partial charge is 0.351 e. The molecule has 0 radical (unpaired) electrons. The first-order valence-electron chi connectivity index (χ1n) is 7.66. The molecular formula is C15H19F2N3O3. The third kappa shape index (κ3) is 2.70. The third-order valence-corrected chi connectivity index (χ3v) is 4.62. The minimum atomic E-state index is -3.09. The fourth-order valence-corrected chi connectivity index (χ4v) is 3.58. The summed E-state index contributed by atoms with van der Waals surface area (Å²) in [5.41, 5.74) is -0.691. The molecule has 3 rings (SSSR count). The number of nitrogens with zero attached hydrogens (tertiary/aromatic N) is 3. The van der Waals surface area contributed by atoms with Crippen molar-refractivity contribution in [3.63, 3.8) is 0 Å². The van der Waals surface area contributed by atoms with Gasteiger partial charge in [0.2, 0.25) is 11.7 Å². The summed E-state index contributed by atoms with van der Waals surface area (Å²) >= 11 is 0. The number of carbonyl (C=O) groups is 2. The molecule has 6 nitrogen and oxygen atoms in total. The maximum Gasteiger partial charge on any atom is 0.292 e. The van der Waals surface area contributed by atoms with E-state index in [2.05, 4.69) is 5.16 Å². The van der Waals surface area contributed by atoms with E-state index in [4.69, 9.17) is 4.52 Å². The van der Waals surface area contributed by atoms with Crippen LogP contribution in [-0.4, -0.2) is 58.9 Å². The Kier molecular flexibility index (Phi) is 3.65. The lowest BCUT2D eigenvalue weighted by molar-refractivity contribution is -0.151. The van der Waals surface area contributed by atoms with Crippen molar-refractivity contribution in [3.05, 3.63) is 17.5 Å². The molecule has 3 heterocycles. The molecular weight excluding hydrogens is 308 g/mol. The van der Waals surface area contributed by atoms with Crippen LogP contribution in [0.15, 0.2) is 10.6 Å². The standard InChI is InChI=1S/C15H19F2N3O3/c1-3-19-5-4-14(13(19)22)7-15(16,17)9-20(8-14)12(21)11-6-10(2)18-23-11/h6H,3-5,7-9H2,1-2H3. The predicted molar refractivity (Wildman–Crippen MR) is 76.0 cm³/mol. The minimum absolute atomic E-state index is 0.00347. The van der Waals surface area contributed by atoms with Gasteiger partial charge in [-0.05, 0) is 20.3 Å². The van der Waals surface area contributed by atoms with Crippen molar-refractivity contribution in [1.82, 2.24) is 15.0 Å². The number of likely N-dealkylation sites (tertiary alicyclic amines) is 2. The van der Waals surface area contributed by atoms with Crippen molar-refractivity contribution in [2.75, 3.05) is 26.2 Å². The van der Waals surface area contributed by atoms with E-state index in [1.54, 1.807) is 11.8 Å². The highest BCUT2D eigenvalue weighted by atomic mass is 19.3. The van der Waals surface area contributed by atoms with Gasteiger partial charge in [-0.2, -0.15) is 0 Å². The monoisotopic (exact) mass is 327 g/mol. The molecule has 1 unspecified atom stereocenters. The number of alkyl halides is 2. The molecule has 0 aliphatic carbocycles. The molecule has 1 atom stereocenters. The first-order chi connectivity index (χ1) is 10.8. The van der Waals surface area contributed by atoms with Gasteiger partial charge in [0.25, 0.3) is 11.8 Å². The van der Waals surface area contributed by atoms with E-state index < -0.39 is 30.2 Å². The van der Waals surface area contributed by atoms with Crippen LogP contribution in [0.1, 0.15) is 36.0 Å². The molecule has 0 saturated carbocycles. The van der Waals surface area contributed by atoms with E-state index in [9.17, 15) is 18.4 Å². The number of hydrogen-bond donors (Lipinski definition) is 0. The highest BCUT2D eigenvalue weighted by Gasteiger charge is 2.57. The van der Waals surface area contributed by atoms with E-state index in [0.717, 1.165) is 4.90 Å². The average molecular weight is 327 g/mol. The van der Waals surface area contributed by atoms with Crippen LogP contribution in [0.25, 0.3) is 0 Å². The quantitative estimate of drug-likeness (QED) is 0.829. The Balaban J connectivity index is 1.88. The summed E-state index contributed by atoms with van der Waals surface area (Å²) in [5, 5.41) is 3.61. The molecule has 1 aromatic rings. The number of hydrogen-bond acceptors (Lipinski definition) is 4. The number of aryl methyl sites for hydroxylation is 1. The lowest BCUT2D eigenvalue weighted by atomic mass is 9.77. The Hall–Kier alpha value is -1.99. The smallest absolute Gasteiger partial charge is 0.292 e. The van der Waals surface area contributed by atoms with Crippen molar-refractivity contribution in [3.8, 4) is 0 Å². The fourth-order valence-electron chi connectivity index (χ4n) is 3.58. The van der Waals surface area contributed by atoms with Gasteiger partial charge in [0, 0.05) is 32.1 Å². The Morgan fingerprint density at radius 2 is 2.17 bits per heavy atom. The van der Waals surface area contributed by atoms with E-state index in [1.807, 2.05) is 6.92 Å². The number of carbonyl (C=O) groups excluding carboxylic acids is 2. The molecule has 1 spiro atoms. The van der Waals surface area contributed by atoms with E-state index >= 15 is 0 Å². The van der Waals surface area contributed by atoms with Crippen LogP contribution in [0.3, 0.4) is 0 Å². The van der Waals surface area contributed by atoms with Crippen LogP contribution in [0.4, 0.5) is 8.78 Å². The number of amides is 2. The van der Waals surface area contributed by atoms with Gasteiger partial charge in [0.1, 0.15) is 0 Å². The second-order valence-electron chi connectivity index (χ2n) is 6.44. The van der Waals surface area contributed by atoms with Crippen molar-refractivity contribution < 1.29 is 22.9 Å². The molecule has 0 bridgehead atoms. The zero-order valence-electron chi connectivity index (χ0n) is 13.1. The molecule has 1 aromatic heterocycles. The summed E-state index contributed by atoms with van der Waals surface area (Å²) in [4.78, 5) is 27.6. The zero-order chi connectivity index (χ0) is 16.8. The lowest BCUT2D eigenvalue weighted by Crippen LogP contribution is -2.57. The van der Waals surface area contributed by atoms with Crippen LogP contribution in [-0.2, 0) is 4.79 Å². The molecule has 8 heteroatoms. The van der Waals surface area contributed by atoms with Gasteiger partial charge in [0.15, 0.2) is 0 Å². The first kappa shape index (κ1) is 15.9. The molecule has 23 heavy (non-hydrogen) atoms. The molecule has 0 N–H and O–H groups in total. The Morgan fingerprint density at radius 3 is 2.74 bits per heavy atom. The topological polar surface area (TPSA) is 66.7 Å². The number of piperidine rings is 1. The van der Waals surface area contributed by atoms with Crippen LogP contribution < -0.4 is 0 Å². The molecule has 2 fully saturated rings. The molecule has 126 valence electrons. The molecule has 2 amide bonds. The minimum Gasteiger partial charge on any atom is -0.351 e. The first-order valence-corrected chi connectivity index (χ1v) is 7.66. The van der Waals surface area contributed by atoms with Crippen molar-refractivity contribution in [2.24, 2.45) is 5.41 Å². The Bertz CT molecular complexity index is 646. The SMILES string of the molecule is CCN1CCC2(CN(C(=O)c3cc(C)no3)CC(F)(F)C2)C1=O. The van der Waals surface area contributed by atoms with E-state index in [1.165, 1.54) is 6.07 Å². The van der Waals surface area contributed by atoms with Gasteiger partial charge < -0.3 is 14.3 Å². The number of rotatable bonds is 2. The second kappa shape index (κ2) is 5.28. The van der Waals surface area contributed by atoms with Gasteiger partial charge in [-0.3, -0.25) is 9.59 Å². The molecule has 2 saturated heterocycles. The van der Waals surface area contributed by atoms with Gasteiger partial charge >= 0.3 is 0 Å². The Labute approximate surface area is 132 Å². The van der Waals surface area contributed by atoms with Gasteiger partial charge in [-0.25, -0.2) is 8.78 Å². The third-order valence-electron chi connectivity index (χ3n) is 4.62. The van der Waals surface area contributed by atoms with Crippen molar-refractivity contribution >= 4 is 11.8 Å². The van der Waals surface area contributed by atoms with Gasteiger partial charge in [-0.1, -0.05) is 5.16 Å². The summed E-state index contributed by atoms with van der Waals surface area (Å²) < 4.78 is 33.3. The lowest BCUT2D eigenvalue weighted by Gasteiger charge is -2.42. The summed E-state index contributed by atoms with van der Waals surface area (Å²) in [6, 6.07) is 1.41. The summed E-state index contributed by atoms with van der Waals surface area (Å²) in [5.74, 6) is -4.10. The predicted octanol–water partition coefficient (Wildman–Crippen LogP) is 1.70. The maximum absolute atomic E-state index is 14.2. The number of halogens is 2. The fraction of sp³-hybridized carbons (Fsp3) is 0.667. The average Bonchev–Trinajstić information content (AvgIpc) is 3.02. The van der Waals surface area contributed by atoms with Crippen LogP contribution in [0.2, 0.25) is 0 Å². The van der Waals surface area contributed by atoms with Crippen LogP contribution >= 0.6 is 0 Å². The molecule has 2 aliphatic heterocycles.